The smallest absolute Gasteiger partial charge is 0.0885 e. The fourth-order valence-electron chi connectivity index (χ4n) is 1.30. The molecule has 0 atom stereocenters. The molecule has 0 bridgehead atoms. The molecule has 3 nitrogen and oxygen atoms in total. The molecule has 0 spiro atoms. The van der Waals surface area contributed by atoms with Gasteiger partial charge in [0.2, 0.25) is 0 Å². The average Bonchev–Trinajstić information content (AvgIpc) is 2.03. The minimum absolute atomic E-state index is 1.12. The second-order valence-corrected chi connectivity index (χ2v) is 2.81. The summed E-state index contributed by atoms with van der Waals surface area (Å²) in [5.74, 6) is 0. The van der Waals surface area contributed by atoms with E-state index in [1.54, 1.807) is 0 Å². The van der Waals surface area contributed by atoms with E-state index in [4.69, 9.17) is 0 Å². The van der Waals surface area contributed by atoms with Gasteiger partial charge in [0.25, 0.3) is 0 Å². The van der Waals surface area contributed by atoms with Crippen LogP contribution in [0, 0.1) is 0 Å². The van der Waals surface area contributed by atoms with Crippen LogP contribution < -0.4 is 10.6 Å². The summed E-state index contributed by atoms with van der Waals surface area (Å²) >= 11 is 0. The number of nitrogens with two attached hydrogens (primary N) is 1. The third-order valence-corrected chi connectivity index (χ3v) is 1.98. The summed E-state index contributed by atoms with van der Waals surface area (Å²) in [6.07, 6.45) is 0. The lowest BCUT2D eigenvalue weighted by atomic mass is 10.3. The molecule has 0 aliphatic carbocycles. The first-order valence-corrected chi connectivity index (χ1v) is 4.12. The van der Waals surface area contributed by atoms with Gasteiger partial charge in [-0.15, -0.1) is 0 Å². The van der Waals surface area contributed by atoms with E-state index in [0.717, 1.165) is 6.54 Å². The van der Waals surface area contributed by atoms with Gasteiger partial charge in [0.15, 0.2) is 0 Å². The Kier molecular flexibility index (Phi) is 3.72. The molecule has 10 heavy (non-hydrogen) atoms. The van der Waals surface area contributed by atoms with Crippen molar-refractivity contribution in [3.05, 3.63) is 0 Å². The van der Waals surface area contributed by atoms with Gasteiger partial charge in [-0.2, -0.15) is 0 Å². The van der Waals surface area contributed by atoms with Crippen molar-refractivity contribution in [2.75, 3.05) is 46.3 Å². The Morgan fingerprint density at radius 1 is 1.40 bits per heavy atom. The van der Waals surface area contributed by atoms with Crippen molar-refractivity contribution < 1.29 is 5.32 Å². The first kappa shape index (κ1) is 7.98. The number of hydrogen-bond donors (Lipinski definition) is 2. The molecule has 60 valence electrons. The molecule has 1 aliphatic heterocycles. The maximum Gasteiger partial charge on any atom is 0.0885 e. The largest absolute Gasteiger partial charge is 0.344 e. The fraction of sp³-hybridized carbons (Fsp3) is 1.00. The number of rotatable bonds is 3. The Morgan fingerprint density at radius 2 is 2.10 bits per heavy atom. The maximum absolute atomic E-state index is 3.16. The van der Waals surface area contributed by atoms with E-state index in [1.165, 1.54) is 32.7 Å². The highest BCUT2D eigenvalue weighted by Crippen LogP contribution is 1.84. The van der Waals surface area contributed by atoms with Crippen LogP contribution in [0.15, 0.2) is 0 Å². The lowest BCUT2D eigenvalue weighted by Gasteiger charge is -2.24. The summed E-state index contributed by atoms with van der Waals surface area (Å²) in [6.45, 7) is 7.43. The van der Waals surface area contributed by atoms with Gasteiger partial charge < -0.3 is 10.6 Å². The Bertz CT molecular complexity index is 78.9. The minimum atomic E-state index is 1.12. The normalized spacial score (nSPS) is 21.3. The second-order valence-electron chi connectivity index (χ2n) is 2.81. The average molecular weight is 144 g/mol. The highest BCUT2D eigenvalue weighted by atomic mass is 15.2. The van der Waals surface area contributed by atoms with Gasteiger partial charge in [0.05, 0.1) is 13.1 Å². The zero-order valence-electron chi connectivity index (χ0n) is 6.77. The van der Waals surface area contributed by atoms with Gasteiger partial charge >= 0.3 is 0 Å². The van der Waals surface area contributed by atoms with Gasteiger partial charge in [-0.05, 0) is 7.05 Å². The lowest BCUT2D eigenvalue weighted by Crippen LogP contribution is -2.89. The highest BCUT2D eigenvalue weighted by Gasteiger charge is 2.09. The molecular formula is C7H18N3+. The summed E-state index contributed by atoms with van der Waals surface area (Å²) in [5, 5.41) is 5.55. The predicted molar refractivity (Wildman–Crippen MR) is 42.0 cm³/mol. The standard InChI is InChI=1S/C7H17N3/c1-8-2-5-10-6-3-9-4-7-10/h8-9H,2-7H2,1H3/p+1. The molecule has 1 rings (SSSR count). The molecule has 0 aromatic carbocycles. The summed E-state index contributed by atoms with van der Waals surface area (Å²) < 4.78 is 0. The first-order chi connectivity index (χ1) is 4.93. The fourth-order valence-corrected chi connectivity index (χ4v) is 1.30. The monoisotopic (exact) mass is 144 g/mol. The molecule has 0 unspecified atom stereocenters. The van der Waals surface area contributed by atoms with Crippen LogP contribution in [0.3, 0.4) is 0 Å². The van der Waals surface area contributed by atoms with Crippen LogP contribution in [-0.4, -0.2) is 51.2 Å². The van der Waals surface area contributed by atoms with Crippen molar-refractivity contribution in [3.63, 3.8) is 0 Å². The molecule has 1 heterocycles. The van der Waals surface area contributed by atoms with Gasteiger partial charge in [0, 0.05) is 26.2 Å². The van der Waals surface area contributed by atoms with Crippen molar-refractivity contribution in [3.8, 4) is 0 Å². The SMILES string of the molecule is CNCCN1CC[NH2+]CC1. The molecular weight excluding hydrogens is 126 g/mol. The van der Waals surface area contributed by atoms with Crippen molar-refractivity contribution in [1.29, 1.82) is 0 Å². The summed E-state index contributed by atoms with van der Waals surface area (Å²) in [7, 11) is 2.01. The molecule has 1 aliphatic rings. The van der Waals surface area contributed by atoms with Crippen LogP contribution in [0.25, 0.3) is 0 Å². The Balaban J connectivity index is 2.02. The van der Waals surface area contributed by atoms with Gasteiger partial charge in [-0.1, -0.05) is 0 Å². The molecule has 1 fully saturated rings. The van der Waals surface area contributed by atoms with Gasteiger partial charge in [-0.25, -0.2) is 0 Å². The van der Waals surface area contributed by atoms with Gasteiger partial charge in [0.1, 0.15) is 0 Å². The van der Waals surface area contributed by atoms with Crippen LogP contribution in [0.1, 0.15) is 0 Å². The highest BCUT2D eigenvalue weighted by molar-refractivity contribution is 4.59. The van der Waals surface area contributed by atoms with E-state index in [1.807, 2.05) is 7.05 Å². The minimum Gasteiger partial charge on any atom is -0.344 e. The van der Waals surface area contributed by atoms with Crippen LogP contribution in [0.5, 0.6) is 0 Å². The number of nitrogens with one attached hydrogen (secondary N) is 1. The van der Waals surface area contributed by atoms with Crippen LogP contribution in [0.4, 0.5) is 0 Å². The zero-order valence-corrected chi connectivity index (χ0v) is 6.77. The van der Waals surface area contributed by atoms with E-state index in [0.29, 0.717) is 0 Å². The summed E-state index contributed by atoms with van der Waals surface area (Å²) in [6, 6.07) is 0. The molecule has 3 N–H and O–H groups in total. The number of hydrogen-bond acceptors (Lipinski definition) is 2. The number of quaternary nitrogens is 1. The van der Waals surface area contributed by atoms with E-state index in [2.05, 4.69) is 15.5 Å². The number of nitrogens with zero attached hydrogens (tertiary/aromatic N) is 1. The third-order valence-electron chi connectivity index (χ3n) is 1.98. The zero-order chi connectivity index (χ0) is 7.23. The van der Waals surface area contributed by atoms with Crippen molar-refractivity contribution in [2.24, 2.45) is 0 Å². The van der Waals surface area contributed by atoms with Crippen molar-refractivity contribution >= 4 is 0 Å². The molecule has 1 saturated heterocycles. The van der Waals surface area contributed by atoms with Gasteiger partial charge in [-0.3, -0.25) is 4.90 Å². The van der Waals surface area contributed by atoms with Crippen LogP contribution >= 0.6 is 0 Å². The van der Waals surface area contributed by atoms with E-state index < -0.39 is 0 Å². The topological polar surface area (TPSA) is 31.9 Å². The Hall–Kier alpha value is -0.120. The van der Waals surface area contributed by atoms with E-state index in [9.17, 15) is 0 Å². The van der Waals surface area contributed by atoms with Crippen molar-refractivity contribution in [2.45, 2.75) is 0 Å². The summed E-state index contributed by atoms with van der Waals surface area (Å²) in [5.41, 5.74) is 0. The quantitative estimate of drug-likeness (QED) is 0.484. The van der Waals surface area contributed by atoms with Crippen LogP contribution in [0.2, 0.25) is 0 Å². The van der Waals surface area contributed by atoms with Crippen molar-refractivity contribution in [1.82, 2.24) is 10.2 Å². The third kappa shape index (κ3) is 2.64. The van der Waals surface area contributed by atoms with Crippen LogP contribution in [-0.2, 0) is 0 Å². The van der Waals surface area contributed by atoms with E-state index in [-0.39, 0.29) is 0 Å². The molecule has 0 aromatic rings. The summed E-state index contributed by atoms with van der Waals surface area (Å²) in [4.78, 5) is 2.51. The predicted octanol–water partition coefficient (Wildman–Crippen LogP) is -1.92. The molecule has 0 radical (unpaired) electrons. The Labute approximate surface area is 62.8 Å². The number of likely N-dealkylation sites (N-methyl/N-ethyl adjacent to an activating group) is 1. The maximum atomic E-state index is 3.16. The molecule has 0 saturated carbocycles. The lowest BCUT2D eigenvalue weighted by molar-refractivity contribution is -0.663. The molecule has 0 amide bonds. The molecule has 3 heteroatoms. The second kappa shape index (κ2) is 4.66. The molecule has 0 aromatic heterocycles. The number of piperazine rings is 1. The van der Waals surface area contributed by atoms with E-state index >= 15 is 0 Å². The first-order valence-electron chi connectivity index (χ1n) is 4.12. The Morgan fingerprint density at radius 3 is 2.70 bits per heavy atom.